The lowest BCUT2D eigenvalue weighted by Gasteiger charge is -2.16. The van der Waals surface area contributed by atoms with Gasteiger partial charge in [0.05, 0.1) is 21.3 Å². The number of methoxy groups -OCH3 is 3. The number of hydrogen-bond donors (Lipinski definition) is 2. The second-order valence-corrected chi connectivity index (χ2v) is 7.92. The van der Waals surface area contributed by atoms with Gasteiger partial charge < -0.3 is 29.4 Å². The molecule has 8 heteroatoms. The Hall–Kier alpha value is -4.46. The Balaban J connectivity index is 1.46. The van der Waals surface area contributed by atoms with Gasteiger partial charge in [0.1, 0.15) is 28.8 Å². The molecule has 0 bridgehead atoms. The van der Waals surface area contributed by atoms with E-state index in [4.69, 9.17) is 14.2 Å². The van der Waals surface area contributed by atoms with E-state index in [0.29, 0.717) is 34.7 Å². The van der Waals surface area contributed by atoms with Crippen molar-refractivity contribution in [1.82, 2.24) is 14.5 Å². The lowest BCUT2D eigenvalue weighted by atomic mass is 10.1. The van der Waals surface area contributed by atoms with Gasteiger partial charge in [-0.25, -0.2) is 4.98 Å². The zero-order valence-corrected chi connectivity index (χ0v) is 20.1. The molecule has 5 aromatic rings. The third-order valence-corrected chi connectivity index (χ3v) is 5.97. The maximum Gasteiger partial charge on any atom is 0.229 e. The van der Waals surface area contributed by atoms with Crippen molar-refractivity contribution in [1.29, 1.82) is 0 Å². The summed E-state index contributed by atoms with van der Waals surface area (Å²) in [6.45, 7) is 3.08. The zero-order valence-electron chi connectivity index (χ0n) is 20.1. The number of fused-ring (bicyclic) bond motifs is 3. The van der Waals surface area contributed by atoms with Crippen LogP contribution in [0.5, 0.6) is 17.2 Å². The van der Waals surface area contributed by atoms with Crippen molar-refractivity contribution in [3.8, 4) is 17.2 Å². The first kappa shape index (κ1) is 22.3. The highest BCUT2D eigenvalue weighted by Gasteiger charge is 2.15. The van der Waals surface area contributed by atoms with Gasteiger partial charge >= 0.3 is 0 Å². The third-order valence-electron chi connectivity index (χ3n) is 5.97. The number of nitrogens with zero attached hydrogens (tertiary/aromatic N) is 3. The van der Waals surface area contributed by atoms with Gasteiger partial charge in [0.2, 0.25) is 5.95 Å². The van der Waals surface area contributed by atoms with Crippen molar-refractivity contribution in [3.63, 3.8) is 0 Å². The third kappa shape index (κ3) is 4.14. The molecule has 0 saturated carbocycles. The molecule has 0 aliphatic rings. The summed E-state index contributed by atoms with van der Waals surface area (Å²) in [6.07, 6.45) is 1.70. The molecule has 2 aromatic heterocycles. The molecule has 8 nitrogen and oxygen atoms in total. The van der Waals surface area contributed by atoms with Crippen molar-refractivity contribution in [2.75, 3.05) is 32.0 Å². The van der Waals surface area contributed by atoms with Crippen LogP contribution < -0.4 is 24.8 Å². The number of nitrogens with one attached hydrogen (secondary N) is 2. The number of para-hydroxylation sites is 1. The zero-order chi connectivity index (χ0) is 24.4. The topological polar surface area (TPSA) is 82.5 Å². The maximum atomic E-state index is 5.52. The smallest absolute Gasteiger partial charge is 0.229 e. The first-order valence-corrected chi connectivity index (χ1v) is 11.3. The fourth-order valence-electron chi connectivity index (χ4n) is 4.35. The second-order valence-electron chi connectivity index (χ2n) is 7.92. The van der Waals surface area contributed by atoms with Crippen LogP contribution in [0.3, 0.4) is 0 Å². The van der Waals surface area contributed by atoms with E-state index >= 15 is 0 Å². The van der Waals surface area contributed by atoms with Gasteiger partial charge in [-0.05, 0) is 37.3 Å². The highest BCUT2D eigenvalue weighted by Crippen LogP contribution is 2.40. The molecular formula is C27H27N5O3. The molecule has 5 rings (SSSR count). The maximum absolute atomic E-state index is 5.52. The van der Waals surface area contributed by atoms with Crippen LogP contribution >= 0.6 is 0 Å². The number of rotatable bonds is 8. The van der Waals surface area contributed by atoms with Crippen LogP contribution in [0.2, 0.25) is 0 Å². The average Bonchev–Trinajstić information content (AvgIpc) is 3.22. The van der Waals surface area contributed by atoms with Gasteiger partial charge in [-0.15, -0.1) is 0 Å². The number of anilines is 4. The van der Waals surface area contributed by atoms with Crippen molar-refractivity contribution in [3.05, 3.63) is 66.9 Å². The van der Waals surface area contributed by atoms with E-state index in [2.05, 4.69) is 74.6 Å². The number of ether oxygens (including phenoxy) is 3. The normalized spacial score (nSPS) is 11.0. The van der Waals surface area contributed by atoms with E-state index < -0.39 is 0 Å². The molecule has 2 N–H and O–H groups in total. The number of aryl methyl sites for hydroxylation is 1. The van der Waals surface area contributed by atoms with E-state index in [0.717, 1.165) is 12.2 Å². The summed E-state index contributed by atoms with van der Waals surface area (Å²) >= 11 is 0. The second kappa shape index (κ2) is 9.42. The molecule has 35 heavy (non-hydrogen) atoms. The van der Waals surface area contributed by atoms with E-state index in [1.165, 1.54) is 21.8 Å². The molecule has 3 aromatic carbocycles. The largest absolute Gasteiger partial charge is 0.496 e. The Kier molecular flexibility index (Phi) is 6.01. The summed E-state index contributed by atoms with van der Waals surface area (Å²) in [5.74, 6) is 2.80. The molecule has 0 unspecified atom stereocenters. The Morgan fingerprint density at radius 2 is 1.54 bits per heavy atom. The molecule has 0 radical (unpaired) electrons. The van der Waals surface area contributed by atoms with Crippen LogP contribution in [0, 0.1) is 0 Å². The van der Waals surface area contributed by atoms with Crippen molar-refractivity contribution < 1.29 is 14.2 Å². The lowest BCUT2D eigenvalue weighted by molar-refractivity contribution is 0.378. The monoisotopic (exact) mass is 469 g/mol. The lowest BCUT2D eigenvalue weighted by Crippen LogP contribution is -2.03. The summed E-state index contributed by atoms with van der Waals surface area (Å²) in [7, 11) is 4.77. The highest BCUT2D eigenvalue weighted by atomic mass is 16.5. The standard InChI is InChI=1S/C27H27N5O3/c1-5-32-21-9-7-6-8-19(21)20-14-17(10-11-22(20)32)29-25-12-13-28-27(30-25)31-26-23(34-3)15-18(33-2)16-24(26)35-4/h6-16H,5H2,1-4H3,(H2,28,29,30,31). The molecule has 0 aliphatic heterocycles. The van der Waals surface area contributed by atoms with E-state index in [1.54, 1.807) is 39.7 Å². The Morgan fingerprint density at radius 1 is 0.800 bits per heavy atom. The van der Waals surface area contributed by atoms with Crippen LogP contribution in [0.25, 0.3) is 21.8 Å². The van der Waals surface area contributed by atoms with Crippen LogP contribution in [-0.4, -0.2) is 35.9 Å². The van der Waals surface area contributed by atoms with Crippen molar-refractivity contribution in [2.45, 2.75) is 13.5 Å². The number of aromatic nitrogens is 3. The molecule has 0 saturated heterocycles. The highest BCUT2D eigenvalue weighted by molar-refractivity contribution is 6.09. The summed E-state index contributed by atoms with van der Waals surface area (Å²) in [5.41, 5.74) is 4.00. The molecule has 178 valence electrons. The van der Waals surface area contributed by atoms with E-state index in [-0.39, 0.29) is 0 Å². The Labute approximate surface area is 203 Å². The van der Waals surface area contributed by atoms with Gasteiger partial charge in [-0.3, -0.25) is 0 Å². The molecule has 0 aliphatic carbocycles. The average molecular weight is 470 g/mol. The van der Waals surface area contributed by atoms with Gasteiger partial charge in [-0.1, -0.05) is 18.2 Å². The fourth-order valence-corrected chi connectivity index (χ4v) is 4.35. The molecule has 0 atom stereocenters. The fraction of sp³-hybridized carbons (Fsp3) is 0.185. The number of benzene rings is 3. The van der Waals surface area contributed by atoms with Crippen LogP contribution in [-0.2, 0) is 6.54 Å². The minimum Gasteiger partial charge on any atom is -0.496 e. The predicted octanol–water partition coefficient (Wildman–Crippen LogP) is 6.12. The summed E-state index contributed by atoms with van der Waals surface area (Å²) < 4.78 is 18.7. The van der Waals surface area contributed by atoms with Gasteiger partial charge in [0.15, 0.2) is 0 Å². The van der Waals surface area contributed by atoms with Gasteiger partial charge in [0, 0.05) is 52.4 Å². The minimum absolute atomic E-state index is 0.403. The molecule has 2 heterocycles. The molecular weight excluding hydrogens is 442 g/mol. The quantitative estimate of drug-likeness (QED) is 0.283. The molecule has 0 spiro atoms. The summed E-state index contributed by atoms with van der Waals surface area (Å²) in [6, 6.07) is 20.2. The Bertz CT molecular complexity index is 1490. The van der Waals surface area contributed by atoms with E-state index in [9.17, 15) is 0 Å². The number of hydrogen-bond acceptors (Lipinski definition) is 7. The molecule has 0 amide bonds. The van der Waals surface area contributed by atoms with Gasteiger partial charge in [-0.2, -0.15) is 4.98 Å². The first-order chi connectivity index (χ1) is 17.1. The van der Waals surface area contributed by atoms with Crippen molar-refractivity contribution in [2.24, 2.45) is 0 Å². The SMILES string of the molecule is CCn1c2ccccc2c2cc(Nc3ccnc(Nc4c(OC)cc(OC)cc4OC)n3)ccc21. The Morgan fingerprint density at radius 3 is 2.26 bits per heavy atom. The molecule has 0 fully saturated rings. The first-order valence-electron chi connectivity index (χ1n) is 11.3. The summed E-state index contributed by atoms with van der Waals surface area (Å²) in [4.78, 5) is 9.01. The predicted molar refractivity (Wildman–Crippen MR) is 140 cm³/mol. The van der Waals surface area contributed by atoms with E-state index in [1.807, 2.05) is 6.07 Å². The minimum atomic E-state index is 0.403. The van der Waals surface area contributed by atoms with Crippen molar-refractivity contribution >= 4 is 44.9 Å². The van der Waals surface area contributed by atoms with Crippen LogP contribution in [0.4, 0.5) is 23.1 Å². The van der Waals surface area contributed by atoms with Crippen LogP contribution in [0.15, 0.2) is 66.9 Å². The summed E-state index contributed by atoms with van der Waals surface area (Å²) in [5, 5.41) is 9.06. The van der Waals surface area contributed by atoms with Gasteiger partial charge in [0.25, 0.3) is 0 Å². The van der Waals surface area contributed by atoms with Crippen LogP contribution in [0.1, 0.15) is 6.92 Å².